The number of nitrogens with zero attached hydrogens (tertiary/aromatic N) is 1. The molecule has 0 radical (unpaired) electrons. The number of nitriles is 1. The molecule has 0 N–H and O–H groups in total. The van der Waals surface area contributed by atoms with Crippen LogP contribution in [-0.2, 0) is 16.0 Å². The molecule has 0 saturated heterocycles. The molecule has 0 aliphatic rings. The molecule has 1 rings (SSSR count). The van der Waals surface area contributed by atoms with Crippen molar-refractivity contribution in [2.24, 2.45) is 0 Å². The van der Waals surface area contributed by atoms with Gasteiger partial charge in [0.1, 0.15) is 22.1 Å². The first-order valence-corrected chi connectivity index (χ1v) is 6.83. The summed E-state index contributed by atoms with van der Waals surface area (Å²) in [5.41, 5.74) is -4.21. The highest BCUT2D eigenvalue weighted by molar-refractivity contribution is 7.92. The van der Waals surface area contributed by atoms with Crippen molar-refractivity contribution < 1.29 is 34.8 Å². The Morgan fingerprint density at radius 2 is 1.52 bits per heavy atom. The fourth-order valence-corrected chi connectivity index (χ4v) is 2.89. The van der Waals surface area contributed by atoms with Crippen LogP contribution in [0, 0.1) is 28.8 Å². The molecule has 116 valence electrons. The standard InChI is InChI=1S/C11H7F6NO2S/c1-4(2)21(19,20)10-5(3-18)7(12)9(14)8(13)6(10)11(15,16)17/h4H,1-2H3. The Morgan fingerprint density at radius 3 is 1.86 bits per heavy atom. The minimum atomic E-state index is -5.62. The SMILES string of the molecule is CC(C)S(=O)(=O)c1c(C#N)c(F)c(F)c(F)c1C(F)(F)F. The highest BCUT2D eigenvalue weighted by Crippen LogP contribution is 2.41. The van der Waals surface area contributed by atoms with E-state index in [9.17, 15) is 34.8 Å². The summed E-state index contributed by atoms with van der Waals surface area (Å²) < 4.78 is 102. The van der Waals surface area contributed by atoms with Crippen LogP contribution in [-0.4, -0.2) is 13.7 Å². The molecule has 0 amide bonds. The van der Waals surface area contributed by atoms with Crippen molar-refractivity contribution in [3.63, 3.8) is 0 Å². The molecule has 0 bridgehead atoms. The van der Waals surface area contributed by atoms with E-state index in [4.69, 9.17) is 5.26 Å². The van der Waals surface area contributed by atoms with Crippen molar-refractivity contribution in [3.8, 4) is 6.07 Å². The summed E-state index contributed by atoms with van der Waals surface area (Å²) in [6.45, 7) is 1.91. The van der Waals surface area contributed by atoms with Gasteiger partial charge in [-0.15, -0.1) is 0 Å². The van der Waals surface area contributed by atoms with Gasteiger partial charge in [-0.1, -0.05) is 0 Å². The normalized spacial score (nSPS) is 12.6. The minimum absolute atomic E-state index is 0.845. The van der Waals surface area contributed by atoms with E-state index in [0.29, 0.717) is 0 Å². The van der Waals surface area contributed by atoms with E-state index >= 15 is 0 Å². The summed E-state index contributed by atoms with van der Waals surface area (Å²) in [6.07, 6.45) is -5.62. The first kappa shape index (κ1) is 17.3. The second kappa shape index (κ2) is 5.22. The molecular formula is C11H7F6NO2S. The zero-order chi connectivity index (χ0) is 16.7. The van der Waals surface area contributed by atoms with Gasteiger partial charge in [-0.2, -0.15) is 18.4 Å². The summed E-state index contributed by atoms with van der Waals surface area (Å²) in [6, 6.07) is 0.845. The molecule has 0 aliphatic carbocycles. The van der Waals surface area contributed by atoms with Crippen molar-refractivity contribution in [2.75, 3.05) is 0 Å². The number of sulfone groups is 1. The zero-order valence-corrected chi connectivity index (χ0v) is 11.3. The van der Waals surface area contributed by atoms with Crippen molar-refractivity contribution in [3.05, 3.63) is 28.6 Å². The molecule has 3 nitrogen and oxygen atoms in total. The first-order chi connectivity index (χ1) is 9.37. The van der Waals surface area contributed by atoms with Gasteiger partial charge in [0, 0.05) is 0 Å². The maximum Gasteiger partial charge on any atom is 0.420 e. The topological polar surface area (TPSA) is 57.9 Å². The van der Waals surface area contributed by atoms with Crippen LogP contribution in [0.4, 0.5) is 26.3 Å². The van der Waals surface area contributed by atoms with Gasteiger partial charge in [0.05, 0.1) is 5.25 Å². The van der Waals surface area contributed by atoms with Gasteiger partial charge in [-0.25, -0.2) is 21.6 Å². The fraction of sp³-hybridized carbons (Fsp3) is 0.364. The Kier molecular flexibility index (Phi) is 4.29. The van der Waals surface area contributed by atoms with Gasteiger partial charge >= 0.3 is 6.18 Å². The van der Waals surface area contributed by atoms with Crippen molar-refractivity contribution in [2.45, 2.75) is 30.2 Å². The molecule has 10 heteroatoms. The van der Waals surface area contributed by atoms with Crippen LogP contribution >= 0.6 is 0 Å². The lowest BCUT2D eigenvalue weighted by Crippen LogP contribution is -2.24. The van der Waals surface area contributed by atoms with Crippen LogP contribution in [0.5, 0.6) is 0 Å². The average molecular weight is 331 g/mol. The summed E-state index contributed by atoms with van der Waals surface area (Å²) in [4.78, 5) is -1.89. The lowest BCUT2D eigenvalue weighted by Gasteiger charge is -2.18. The Hall–Kier alpha value is -1.76. The molecular weight excluding hydrogens is 324 g/mol. The predicted molar refractivity (Wildman–Crippen MR) is 58.4 cm³/mol. The lowest BCUT2D eigenvalue weighted by atomic mass is 10.1. The highest BCUT2D eigenvalue weighted by atomic mass is 32.2. The van der Waals surface area contributed by atoms with E-state index < -0.39 is 54.7 Å². The molecule has 0 aromatic heterocycles. The van der Waals surface area contributed by atoms with Gasteiger partial charge in [-0.05, 0) is 13.8 Å². The van der Waals surface area contributed by atoms with E-state index in [2.05, 4.69) is 0 Å². The van der Waals surface area contributed by atoms with Crippen molar-refractivity contribution in [1.29, 1.82) is 5.26 Å². The Balaban J connectivity index is 4.16. The third-order valence-corrected chi connectivity index (χ3v) is 4.80. The van der Waals surface area contributed by atoms with E-state index in [1.54, 1.807) is 0 Å². The van der Waals surface area contributed by atoms with Crippen molar-refractivity contribution in [1.82, 2.24) is 0 Å². The molecule has 0 aliphatic heterocycles. The van der Waals surface area contributed by atoms with Gasteiger partial charge < -0.3 is 0 Å². The average Bonchev–Trinajstić information content (AvgIpc) is 2.33. The number of hydrogen-bond acceptors (Lipinski definition) is 3. The lowest BCUT2D eigenvalue weighted by molar-refractivity contribution is -0.142. The van der Waals surface area contributed by atoms with Gasteiger partial charge in [0.15, 0.2) is 27.3 Å². The van der Waals surface area contributed by atoms with E-state index in [1.807, 2.05) is 0 Å². The number of hydrogen-bond donors (Lipinski definition) is 0. The van der Waals surface area contributed by atoms with Crippen LogP contribution in [0.2, 0.25) is 0 Å². The largest absolute Gasteiger partial charge is 0.420 e. The number of halogens is 6. The molecule has 0 heterocycles. The second-order valence-corrected chi connectivity index (χ2v) is 6.67. The monoisotopic (exact) mass is 331 g/mol. The maximum absolute atomic E-state index is 13.4. The summed E-state index contributed by atoms with van der Waals surface area (Å²) in [5.74, 6) is -7.53. The Bertz CT molecular complexity index is 731. The number of benzene rings is 1. The highest BCUT2D eigenvalue weighted by Gasteiger charge is 2.45. The molecule has 0 atom stereocenters. The molecule has 0 saturated carbocycles. The van der Waals surface area contributed by atoms with Gasteiger partial charge in [0.25, 0.3) is 0 Å². The van der Waals surface area contributed by atoms with E-state index in [0.717, 1.165) is 19.9 Å². The number of alkyl halides is 3. The summed E-state index contributed by atoms with van der Waals surface area (Å²) >= 11 is 0. The predicted octanol–water partition coefficient (Wildman–Crippen LogP) is 3.18. The Morgan fingerprint density at radius 1 is 1.05 bits per heavy atom. The van der Waals surface area contributed by atoms with Gasteiger partial charge in [0.2, 0.25) is 0 Å². The van der Waals surface area contributed by atoms with Crippen LogP contribution in [0.15, 0.2) is 4.90 Å². The molecule has 0 fully saturated rings. The van der Waals surface area contributed by atoms with Crippen LogP contribution in [0.1, 0.15) is 25.0 Å². The minimum Gasteiger partial charge on any atom is -0.223 e. The molecule has 1 aromatic carbocycles. The second-order valence-electron chi connectivity index (χ2n) is 4.22. The first-order valence-electron chi connectivity index (χ1n) is 5.29. The van der Waals surface area contributed by atoms with E-state index in [-0.39, 0.29) is 0 Å². The third kappa shape index (κ3) is 2.70. The maximum atomic E-state index is 13.4. The molecule has 0 unspecified atom stereocenters. The smallest absolute Gasteiger partial charge is 0.223 e. The summed E-state index contributed by atoms with van der Waals surface area (Å²) in [7, 11) is -4.88. The van der Waals surface area contributed by atoms with Crippen LogP contribution in [0.25, 0.3) is 0 Å². The van der Waals surface area contributed by atoms with Gasteiger partial charge in [-0.3, -0.25) is 0 Å². The third-order valence-electron chi connectivity index (χ3n) is 2.58. The molecule has 0 spiro atoms. The Labute approximate surface area is 115 Å². The van der Waals surface area contributed by atoms with Crippen LogP contribution in [0.3, 0.4) is 0 Å². The summed E-state index contributed by atoms with van der Waals surface area (Å²) in [5, 5.41) is 7.13. The fourth-order valence-electron chi connectivity index (χ4n) is 1.51. The molecule has 1 aromatic rings. The quantitative estimate of drug-likeness (QED) is 0.475. The van der Waals surface area contributed by atoms with Crippen molar-refractivity contribution >= 4 is 9.84 Å². The van der Waals surface area contributed by atoms with E-state index in [1.165, 1.54) is 0 Å². The zero-order valence-electron chi connectivity index (χ0n) is 10.5. The van der Waals surface area contributed by atoms with Crippen LogP contribution < -0.4 is 0 Å². The number of rotatable bonds is 2. The molecule has 21 heavy (non-hydrogen) atoms.